The third-order valence-electron chi connectivity index (χ3n) is 5.41. The van der Waals surface area contributed by atoms with E-state index in [1.165, 1.54) is 11.1 Å². The van der Waals surface area contributed by atoms with Crippen LogP contribution in [-0.4, -0.2) is 32.5 Å². The molecule has 1 fully saturated rings. The number of hydrogen-bond donors (Lipinski definition) is 0. The average molecular weight is 414 g/mol. The van der Waals surface area contributed by atoms with Crippen molar-refractivity contribution in [1.29, 1.82) is 5.26 Å². The molecule has 1 aliphatic rings. The molecule has 0 radical (unpaired) electrons. The van der Waals surface area contributed by atoms with Crippen molar-refractivity contribution in [1.82, 2.24) is 4.90 Å². The molecular weight excluding hydrogens is 392 g/mol. The van der Waals surface area contributed by atoms with E-state index in [1.54, 1.807) is 18.2 Å². The van der Waals surface area contributed by atoms with Crippen molar-refractivity contribution in [3.05, 3.63) is 113 Å². The lowest BCUT2D eigenvalue weighted by Crippen LogP contribution is -2.44. The molecule has 1 unspecified atom stereocenters. The lowest BCUT2D eigenvalue weighted by molar-refractivity contribution is 0.202. The molecule has 0 N–H and O–H groups in total. The normalized spacial score (nSPS) is 14.8. The molecular formula is C25H21N2O2S-. The summed E-state index contributed by atoms with van der Waals surface area (Å²) >= 11 is -2.20. The number of benzene rings is 3. The molecule has 1 heterocycles. The molecule has 0 aliphatic carbocycles. The Bertz CT molecular complexity index is 1070. The molecule has 0 spiro atoms. The van der Waals surface area contributed by atoms with Crippen LogP contribution in [0.15, 0.2) is 90.5 Å². The first-order valence-electron chi connectivity index (χ1n) is 9.77. The van der Waals surface area contributed by atoms with Crippen LogP contribution in [0.4, 0.5) is 0 Å². The van der Waals surface area contributed by atoms with E-state index in [0.29, 0.717) is 18.7 Å². The van der Waals surface area contributed by atoms with E-state index in [0.717, 1.165) is 16.7 Å². The van der Waals surface area contributed by atoms with Gasteiger partial charge in [0, 0.05) is 18.8 Å². The molecule has 4 nitrogen and oxygen atoms in total. The summed E-state index contributed by atoms with van der Waals surface area (Å²) in [4.78, 5) is 2.35. The lowest BCUT2D eigenvalue weighted by Gasteiger charge is -2.42. The zero-order valence-corrected chi connectivity index (χ0v) is 17.2. The van der Waals surface area contributed by atoms with E-state index in [1.807, 2.05) is 42.5 Å². The SMILES string of the molecule is N#Cc1cccc(C(CS(=O)[O-])=C2CN(C(c3ccccc3)c3ccccc3)C2)c1. The molecule has 0 amide bonds. The predicted molar refractivity (Wildman–Crippen MR) is 118 cm³/mol. The fourth-order valence-corrected chi connectivity index (χ4v) is 4.59. The van der Waals surface area contributed by atoms with E-state index in [9.17, 15) is 14.0 Å². The van der Waals surface area contributed by atoms with Crippen molar-refractivity contribution >= 4 is 16.7 Å². The van der Waals surface area contributed by atoms with Crippen molar-refractivity contribution in [2.75, 3.05) is 18.8 Å². The second kappa shape index (κ2) is 9.19. The molecule has 0 bridgehead atoms. The minimum atomic E-state index is -2.20. The maximum atomic E-state index is 11.5. The molecule has 1 aliphatic heterocycles. The van der Waals surface area contributed by atoms with Gasteiger partial charge in [-0.15, -0.1) is 0 Å². The van der Waals surface area contributed by atoms with Gasteiger partial charge in [0.05, 0.1) is 17.7 Å². The van der Waals surface area contributed by atoms with E-state index in [4.69, 9.17) is 0 Å². The van der Waals surface area contributed by atoms with Gasteiger partial charge in [-0.2, -0.15) is 5.26 Å². The Hall–Kier alpha value is -3.04. The van der Waals surface area contributed by atoms with Crippen LogP contribution < -0.4 is 0 Å². The van der Waals surface area contributed by atoms with Crippen molar-refractivity contribution in [3.8, 4) is 6.07 Å². The number of likely N-dealkylation sites (tertiary alicyclic amines) is 1. The van der Waals surface area contributed by atoms with E-state index >= 15 is 0 Å². The molecule has 150 valence electrons. The molecule has 3 aromatic carbocycles. The minimum absolute atomic E-state index is 0.0423. The fourth-order valence-electron chi connectivity index (χ4n) is 3.99. The van der Waals surface area contributed by atoms with Gasteiger partial charge in [0.25, 0.3) is 0 Å². The van der Waals surface area contributed by atoms with Gasteiger partial charge in [0.1, 0.15) is 0 Å². The highest BCUT2D eigenvalue weighted by molar-refractivity contribution is 7.79. The summed E-state index contributed by atoms with van der Waals surface area (Å²) in [5, 5.41) is 9.21. The predicted octanol–water partition coefficient (Wildman–Crippen LogP) is 4.30. The summed E-state index contributed by atoms with van der Waals surface area (Å²) in [6, 6.07) is 30.1. The van der Waals surface area contributed by atoms with Gasteiger partial charge < -0.3 is 4.55 Å². The third kappa shape index (κ3) is 4.42. The van der Waals surface area contributed by atoms with Gasteiger partial charge in [-0.1, -0.05) is 83.9 Å². The Labute approximate surface area is 179 Å². The zero-order chi connectivity index (χ0) is 20.9. The summed E-state index contributed by atoms with van der Waals surface area (Å²) in [6.45, 7) is 1.38. The average Bonchev–Trinajstić information content (AvgIpc) is 2.76. The van der Waals surface area contributed by atoms with E-state index in [2.05, 4.69) is 35.2 Å². The first kappa shape index (κ1) is 20.2. The molecule has 30 heavy (non-hydrogen) atoms. The van der Waals surface area contributed by atoms with Crippen molar-refractivity contribution in [3.63, 3.8) is 0 Å². The Morgan fingerprint density at radius 1 is 0.967 bits per heavy atom. The van der Waals surface area contributed by atoms with Crippen molar-refractivity contribution in [2.45, 2.75) is 6.04 Å². The van der Waals surface area contributed by atoms with E-state index in [-0.39, 0.29) is 11.8 Å². The summed E-state index contributed by atoms with van der Waals surface area (Å²) in [6.07, 6.45) is 0. The second-order valence-electron chi connectivity index (χ2n) is 7.35. The van der Waals surface area contributed by atoms with Crippen LogP contribution in [-0.2, 0) is 11.1 Å². The summed E-state index contributed by atoms with van der Waals surface area (Å²) in [5.41, 5.74) is 5.67. The quantitative estimate of drug-likeness (QED) is 0.565. The largest absolute Gasteiger partial charge is 0.772 e. The Morgan fingerprint density at radius 2 is 1.57 bits per heavy atom. The number of nitriles is 1. The first-order valence-corrected chi connectivity index (χ1v) is 11.0. The lowest BCUT2D eigenvalue weighted by atomic mass is 9.89. The van der Waals surface area contributed by atoms with Crippen molar-refractivity contribution in [2.24, 2.45) is 0 Å². The molecule has 1 saturated heterocycles. The van der Waals surface area contributed by atoms with Crippen LogP contribution in [0.3, 0.4) is 0 Å². The van der Waals surface area contributed by atoms with E-state index < -0.39 is 11.1 Å². The van der Waals surface area contributed by atoms with Gasteiger partial charge >= 0.3 is 0 Å². The van der Waals surface area contributed by atoms with Gasteiger partial charge in [-0.05, 0) is 40.0 Å². The summed E-state index contributed by atoms with van der Waals surface area (Å²) < 4.78 is 23.1. The molecule has 1 atom stereocenters. The monoisotopic (exact) mass is 413 g/mol. The van der Waals surface area contributed by atoms with Crippen molar-refractivity contribution < 1.29 is 8.76 Å². The fraction of sp³-hybridized carbons (Fsp3) is 0.160. The van der Waals surface area contributed by atoms with Gasteiger partial charge in [-0.3, -0.25) is 9.11 Å². The third-order valence-corrected chi connectivity index (χ3v) is 5.94. The minimum Gasteiger partial charge on any atom is -0.772 e. The molecule has 0 aromatic heterocycles. The van der Waals surface area contributed by atoms with Crippen LogP contribution in [0, 0.1) is 11.3 Å². The summed E-state index contributed by atoms with van der Waals surface area (Å²) in [7, 11) is 0. The van der Waals surface area contributed by atoms with Crippen LogP contribution >= 0.6 is 0 Å². The number of hydrogen-bond acceptors (Lipinski definition) is 4. The topological polar surface area (TPSA) is 67.2 Å². The highest BCUT2D eigenvalue weighted by Crippen LogP contribution is 2.36. The highest BCUT2D eigenvalue weighted by Gasteiger charge is 2.32. The smallest absolute Gasteiger partial charge is 0.0991 e. The number of rotatable bonds is 6. The van der Waals surface area contributed by atoms with Gasteiger partial charge in [-0.25, -0.2) is 0 Å². The highest BCUT2D eigenvalue weighted by atomic mass is 32.2. The molecule has 5 heteroatoms. The maximum Gasteiger partial charge on any atom is 0.0991 e. The van der Waals surface area contributed by atoms with Gasteiger partial charge in [0.15, 0.2) is 0 Å². The van der Waals surface area contributed by atoms with Crippen LogP contribution in [0.2, 0.25) is 0 Å². The van der Waals surface area contributed by atoms with Crippen LogP contribution in [0.25, 0.3) is 5.57 Å². The first-order chi connectivity index (χ1) is 14.7. The molecule has 0 saturated carbocycles. The number of nitrogens with zero attached hydrogens (tertiary/aromatic N) is 2. The standard InChI is InChI=1S/C25H22N2O2S/c26-15-19-8-7-13-22(14-19)24(18-30(28)29)23-16-27(17-23)25(20-9-3-1-4-10-20)21-11-5-2-6-12-21/h1-14,25H,16-18H2,(H,28,29)/p-1. The Kier molecular flexibility index (Phi) is 6.20. The van der Waals surface area contributed by atoms with Gasteiger partial charge in [0.2, 0.25) is 0 Å². The second-order valence-corrected chi connectivity index (χ2v) is 8.25. The van der Waals surface area contributed by atoms with Crippen LogP contribution in [0.5, 0.6) is 0 Å². The maximum absolute atomic E-state index is 11.5. The zero-order valence-electron chi connectivity index (χ0n) is 16.4. The Morgan fingerprint density at radius 3 is 2.10 bits per heavy atom. The Balaban J connectivity index is 1.67. The van der Waals surface area contributed by atoms with Crippen LogP contribution in [0.1, 0.15) is 28.3 Å². The summed E-state index contributed by atoms with van der Waals surface area (Å²) in [5.74, 6) is -0.0423. The molecule has 4 rings (SSSR count). The molecule has 3 aromatic rings.